The number of rotatable bonds is 6. The van der Waals surface area contributed by atoms with Crippen LogP contribution in [-0.2, 0) is 13.5 Å². The third-order valence-electron chi connectivity index (χ3n) is 3.41. The third-order valence-corrected chi connectivity index (χ3v) is 3.41. The molecule has 0 spiro atoms. The van der Waals surface area contributed by atoms with Crippen LogP contribution in [0.1, 0.15) is 37.9 Å². The van der Waals surface area contributed by atoms with Crippen molar-refractivity contribution in [3.63, 3.8) is 0 Å². The number of nitrogens with zero attached hydrogens (tertiary/aromatic N) is 3. The first kappa shape index (κ1) is 14.0. The van der Waals surface area contributed by atoms with E-state index in [9.17, 15) is 0 Å². The molecule has 0 radical (unpaired) electrons. The highest BCUT2D eigenvalue weighted by Crippen LogP contribution is 2.25. The smallest absolute Gasteiger partial charge is 0.130 e. The van der Waals surface area contributed by atoms with E-state index in [0.29, 0.717) is 12.6 Å². The molecule has 1 unspecified atom stereocenters. The van der Waals surface area contributed by atoms with Crippen molar-refractivity contribution in [2.75, 3.05) is 18.5 Å². The van der Waals surface area contributed by atoms with Gasteiger partial charge in [-0.2, -0.15) is 5.10 Å². The van der Waals surface area contributed by atoms with Crippen molar-refractivity contribution in [2.45, 2.75) is 46.1 Å². The average Bonchev–Trinajstić information content (AvgIpc) is 2.54. The van der Waals surface area contributed by atoms with E-state index >= 15 is 0 Å². The largest absolute Gasteiger partial charge is 0.357 e. The summed E-state index contributed by atoms with van der Waals surface area (Å²) in [4.78, 5) is 2.33. The Labute approximate surface area is 105 Å². The van der Waals surface area contributed by atoms with Gasteiger partial charge in [-0.1, -0.05) is 13.3 Å². The van der Waals surface area contributed by atoms with Crippen LogP contribution in [0.15, 0.2) is 0 Å². The van der Waals surface area contributed by atoms with Gasteiger partial charge in [0.05, 0.1) is 5.69 Å². The summed E-state index contributed by atoms with van der Waals surface area (Å²) >= 11 is 0. The summed E-state index contributed by atoms with van der Waals surface area (Å²) in [5.74, 6) is 1.22. The van der Waals surface area contributed by atoms with E-state index in [1.54, 1.807) is 0 Å². The molecule has 0 aliphatic heterocycles. The summed E-state index contributed by atoms with van der Waals surface area (Å²) in [6.07, 6.45) is 3.30. The number of hydrogen-bond donors (Lipinski definition) is 1. The average molecular weight is 238 g/mol. The van der Waals surface area contributed by atoms with Gasteiger partial charge in [0.1, 0.15) is 5.82 Å². The molecule has 0 aliphatic carbocycles. The monoisotopic (exact) mass is 238 g/mol. The van der Waals surface area contributed by atoms with Gasteiger partial charge in [0.2, 0.25) is 0 Å². The minimum atomic E-state index is 0.534. The maximum atomic E-state index is 5.69. The van der Waals surface area contributed by atoms with Crippen LogP contribution in [0.3, 0.4) is 0 Å². The van der Waals surface area contributed by atoms with Gasteiger partial charge in [-0.05, 0) is 33.2 Å². The first-order valence-electron chi connectivity index (χ1n) is 6.48. The number of aromatic nitrogens is 2. The van der Waals surface area contributed by atoms with Gasteiger partial charge in [-0.25, -0.2) is 0 Å². The van der Waals surface area contributed by atoms with Gasteiger partial charge in [-0.15, -0.1) is 0 Å². The lowest BCUT2D eigenvalue weighted by Crippen LogP contribution is -2.31. The second-order valence-electron chi connectivity index (χ2n) is 4.80. The number of anilines is 1. The van der Waals surface area contributed by atoms with Crippen molar-refractivity contribution in [1.82, 2.24) is 9.78 Å². The highest BCUT2D eigenvalue weighted by molar-refractivity contribution is 5.50. The number of aryl methyl sites for hydroxylation is 2. The second-order valence-corrected chi connectivity index (χ2v) is 4.80. The summed E-state index contributed by atoms with van der Waals surface area (Å²) in [5.41, 5.74) is 8.08. The third kappa shape index (κ3) is 3.00. The zero-order valence-corrected chi connectivity index (χ0v) is 11.8. The molecule has 0 amide bonds. The summed E-state index contributed by atoms with van der Waals surface area (Å²) in [6, 6.07) is 0.534. The Balaban J connectivity index is 3.02. The summed E-state index contributed by atoms with van der Waals surface area (Å²) < 4.78 is 1.98. The Bertz CT molecular complexity index is 357. The molecule has 0 saturated carbocycles. The Kier molecular flexibility index (Phi) is 5.00. The van der Waals surface area contributed by atoms with Crippen molar-refractivity contribution in [3.8, 4) is 0 Å². The lowest BCUT2D eigenvalue weighted by Gasteiger charge is -2.27. The van der Waals surface area contributed by atoms with Gasteiger partial charge < -0.3 is 10.6 Å². The van der Waals surface area contributed by atoms with Crippen LogP contribution >= 0.6 is 0 Å². The minimum Gasteiger partial charge on any atom is -0.357 e. The lowest BCUT2D eigenvalue weighted by molar-refractivity contribution is 0.593. The Morgan fingerprint density at radius 1 is 1.47 bits per heavy atom. The summed E-state index contributed by atoms with van der Waals surface area (Å²) in [6.45, 7) is 7.22. The van der Waals surface area contributed by atoms with Crippen LogP contribution < -0.4 is 10.6 Å². The van der Waals surface area contributed by atoms with Crippen LogP contribution in [0.2, 0.25) is 0 Å². The molecular formula is C13H26N4. The highest BCUT2D eigenvalue weighted by atomic mass is 15.4. The standard InChI is InChI=1S/C13H26N4/c1-6-7-10(2)16(4)13-12(8-9-14)11(3)15-17(13)5/h10H,6-9,14H2,1-5H3. The molecule has 0 aliphatic rings. The van der Waals surface area contributed by atoms with E-state index < -0.39 is 0 Å². The predicted molar refractivity (Wildman–Crippen MR) is 73.5 cm³/mol. The molecule has 1 heterocycles. The van der Waals surface area contributed by atoms with Gasteiger partial charge in [-0.3, -0.25) is 4.68 Å². The molecule has 4 heteroatoms. The highest BCUT2D eigenvalue weighted by Gasteiger charge is 2.19. The first-order chi connectivity index (χ1) is 8.02. The molecule has 0 bridgehead atoms. The van der Waals surface area contributed by atoms with Crippen molar-refractivity contribution in [1.29, 1.82) is 0 Å². The Hall–Kier alpha value is -1.03. The predicted octanol–water partition coefficient (Wildman–Crippen LogP) is 1.85. The number of nitrogens with two attached hydrogens (primary N) is 1. The van der Waals surface area contributed by atoms with Crippen LogP contribution in [0.4, 0.5) is 5.82 Å². The van der Waals surface area contributed by atoms with Gasteiger partial charge >= 0.3 is 0 Å². The van der Waals surface area contributed by atoms with E-state index in [0.717, 1.165) is 12.1 Å². The fourth-order valence-electron chi connectivity index (χ4n) is 2.39. The van der Waals surface area contributed by atoms with Crippen LogP contribution in [0.5, 0.6) is 0 Å². The van der Waals surface area contributed by atoms with E-state index in [1.807, 2.05) is 11.7 Å². The van der Waals surface area contributed by atoms with Crippen molar-refractivity contribution < 1.29 is 0 Å². The lowest BCUT2D eigenvalue weighted by atomic mass is 10.1. The molecule has 0 fully saturated rings. The second kappa shape index (κ2) is 6.05. The minimum absolute atomic E-state index is 0.534. The SMILES string of the molecule is CCCC(C)N(C)c1c(CCN)c(C)nn1C. The Morgan fingerprint density at radius 2 is 2.12 bits per heavy atom. The summed E-state index contributed by atoms with van der Waals surface area (Å²) in [7, 11) is 4.16. The maximum Gasteiger partial charge on any atom is 0.130 e. The van der Waals surface area contributed by atoms with E-state index in [4.69, 9.17) is 5.73 Å². The molecule has 17 heavy (non-hydrogen) atoms. The van der Waals surface area contributed by atoms with Crippen molar-refractivity contribution in [2.24, 2.45) is 12.8 Å². The quantitative estimate of drug-likeness (QED) is 0.823. The molecule has 1 atom stereocenters. The van der Waals surface area contributed by atoms with Gasteiger partial charge in [0, 0.05) is 25.7 Å². The van der Waals surface area contributed by atoms with Gasteiger partial charge in [0.25, 0.3) is 0 Å². The molecule has 98 valence electrons. The number of hydrogen-bond acceptors (Lipinski definition) is 3. The zero-order valence-electron chi connectivity index (χ0n) is 11.8. The maximum absolute atomic E-state index is 5.69. The molecule has 1 aromatic heterocycles. The molecular weight excluding hydrogens is 212 g/mol. The zero-order chi connectivity index (χ0) is 13.0. The molecule has 2 N–H and O–H groups in total. The molecule has 1 rings (SSSR count). The van der Waals surface area contributed by atoms with Crippen LogP contribution in [-0.4, -0.2) is 29.4 Å². The molecule has 1 aromatic rings. The van der Waals surface area contributed by atoms with E-state index in [1.165, 1.54) is 24.2 Å². The van der Waals surface area contributed by atoms with Gasteiger partial charge in [0.15, 0.2) is 0 Å². The fourth-order valence-corrected chi connectivity index (χ4v) is 2.39. The molecule has 0 aromatic carbocycles. The van der Waals surface area contributed by atoms with Crippen LogP contribution in [0, 0.1) is 6.92 Å². The molecule has 0 saturated heterocycles. The van der Waals surface area contributed by atoms with Crippen molar-refractivity contribution in [3.05, 3.63) is 11.3 Å². The van der Waals surface area contributed by atoms with E-state index in [2.05, 4.69) is 37.8 Å². The normalized spacial score (nSPS) is 12.8. The van der Waals surface area contributed by atoms with E-state index in [-0.39, 0.29) is 0 Å². The Morgan fingerprint density at radius 3 is 2.65 bits per heavy atom. The first-order valence-corrected chi connectivity index (χ1v) is 6.48. The molecule has 4 nitrogen and oxygen atoms in total. The fraction of sp³-hybridized carbons (Fsp3) is 0.769. The topological polar surface area (TPSA) is 47.1 Å². The van der Waals surface area contributed by atoms with Crippen molar-refractivity contribution >= 4 is 5.82 Å². The summed E-state index contributed by atoms with van der Waals surface area (Å²) in [5, 5.41) is 4.51. The van der Waals surface area contributed by atoms with Crippen LogP contribution in [0.25, 0.3) is 0 Å².